The smallest absolute Gasteiger partial charge is 0.165 e. The Hall–Kier alpha value is -1.52. The van der Waals surface area contributed by atoms with Gasteiger partial charge in [0.15, 0.2) is 11.5 Å². The van der Waals surface area contributed by atoms with E-state index < -0.39 is 0 Å². The molecule has 5 atom stereocenters. The van der Waals surface area contributed by atoms with Crippen molar-refractivity contribution in [1.29, 1.82) is 0 Å². The van der Waals surface area contributed by atoms with Crippen LogP contribution in [0.4, 0.5) is 0 Å². The summed E-state index contributed by atoms with van der Waals surface area (Å²) >= 11 is 0. The first-order valence-corrected chi connectivity index (χ1v) is 7.79. The number of phenolic OH excluding ortho intramolecular Hbond substituents is 1. The van der Waals surface area contributed by atoms with Crippen LogP contribution < -0.4 is 10.5 Å². The second-order valence-corrected chi connectivity index (χ2v) is 7.02. The van der Waals surface area contributed by atoms with Crippen molar-refractivity contribution in [1.82, 2.24) is 4.90 Å². The molecule has 110 valence electrons. The van der Waals surface area contributed by atoms with Gasteiger partial charge >= 0.3 is 0 Å². The Bertz CT molecular complexity index is 671. The average molecular weight is 284 g/mol. The average Bonchev–Trinajstić information content (AvgIpc) is 2.83. The molecule has 1 fully saturated rings. The number of phenols is 1. The summed E-state index contributed by atoms with van der Waals surface area (Å²) in [4.78, 5) is 2.47. The molecule has 3 unspecified atom stereocenters. The van der Waals surface area contributed by atoms with Crippen molar-refractivity contribution in [2.75, 3.05) is 13.6 Å². The number of nitrogens with two attached hydrogens (primary N) is 1. The SMILES string of the molecule is CN1CCC23c4c5ccc(O)c4OC2[C@H](N)C=CC3[C@H]1C5. The number of likely N-dealkylation sites (N-methyl/N-ethyl adjacent to an activating group) is 1. The zero-order chi connectivity index (χ0) is 14.4. The Morgan fingerprint density at radius 1 is 1.38 bits per heavy atom. The molecule has 2 aliphatic heterocycles. The molecule has 0 amide bonds. The lowest BCUT2D eigenvalue weighted by Gasteiger charge is -2.56. The number of likely N-dealkylation sites (tertiary alicyclic amines) is 1. The molecule has 1 spiro atoms. The van der Waals surface area contributed by atoms with Crippen molar-refractivity contribution in [2.24, 2.45) is 11.7 Å². The van der Waals surface area contributed by atoms with E-state index in [1.807, 2.05) is 0 Å². The van der Waals surface area contributed by atoms with Crippen molar-refractivity contribution >= 4 is 0 Å². The standard InChI is InChI=1S/C17H20N2O2/c1-19-7-6-17-10-3-4-11(18)16(17)21-15-13(20)5-2-9(14(15)17)8-12(10)19/h2-5,10-12,16,20H,6-8,18H2,1H3/t10?,11-,12-,16?,17?/m1/s1. The van der Waals surface area contributed by atoms with E-state index in [1.165, 1.54) is 11.1 Å². The Labute approximate surface area is 124 Å². The highest BCUT2D eigenvalue weighted by atomic mass is 16.5. The highest BCUT2D eigenvalue weighted by Crippen LogP contribution is 2.62. The van der Waals surface area contributed by atoms with Crippen LogP contribution in [-0.2, 0) is 11.8 Å². The molecular weight excluding hydrogens is 264 g/mol. The number of rotatable bonds is 0. The maximum atomic E-state index is 10.2. The molecule has 21 heavy (non-hydrogen) atoms. The Balaban J connectivity index is 1.84. The fourth-order valence-corrected chi connectivity index (χ4v) is 5.30. The van der Waals surface area contributed by atoms with E-state index in [9.17, 15) is 5.11 Å². The van der Waals surface area contributed by atoms with Gasteiger partial charge < -0.3 is 20.5 Å². The zero-order valence-corrected chi connectivity index (χ0v) is 12.1. The van der Waals surface area contributed by atoms with Gasteiger partial charge in [0.25, 0.3) is 0 Å². The van der Waals surface area contributed by atoms with E-state index in [0.29, 0.717) is 17.7 Å². The number of hydrogen-bond donors (Lipinski definition) is 2. The second kappa shape index (κ2) is 3.62. The predicted octanol–water partition coefficient (Wildman–Crippen LogP) is 1.16. The molecule has 0 saturated carbocycles. The molecule has 2 heterocycles. The van der Waals surface area contributed by atoms with Gasteiger partial charge in [-0.1, -0.05) is 18.2 Å². The molecule has 5 rings (SSSR count). The lowest BCUT2D eigenvalue weighted by atomic mass is 9.53. The van der Waals surface area contributed by atoms with Gasteiger partial charge in [-0.25, -0.2) is 0 Å². The van der Waals surface area contributed by atoms with Gasteiger partial charge in [0.2, 0.25) is 0 Å². The fourth-order valence-electron chi connectivity index (χ4n) is 5.30. The summed E-state index contributed by atoms with van der Waals surface area (Å²) in [6, 6.07) is 4.27. The van der Waals surface area contributed by atoms with Crippen molar-refractivity contribution in [3.8, 4) is 11.5 Å². The third kappa shape index (κ3) is 1.21. The van der Waals surface area contributed by atoms with E-state index in [-0.39, 0.29) is 23.3 Å². The van der Waals surface area contributed by atoms with E-state index in [0.717, 1.165) is 19.4 Å². The molecule has 1 saturated heterocycles. The highest BCUT2D eigenvalue weighted by molar-refractivity contribution is 5.61. The molecule has 4 aliphatic rings. The molecule has 1 aromatic rings. The van der Waals surface area contributed by atoms with Gasteiger partial charge in [0, 0.05) is 22.9 Å². The van der Waals surface area contributed by atoms with Gasteiger partial charge in [0.05, 0.1) is 6.04 Å². The fraction of sp³-hybridized carbons (Fsp3) is 0.529. The van der Waals surface area contributed by atoms with Crippen LogP contribution in [0.25, 0.3) is 0 Å². The number of hydrogen-bond acceptors (Lipinski definition) is 4. The number of aromatic hydroxyl groups is 1. The minimum absolute atomic E-state index is 0.0347. The molecule has 3 N–H and O–H groups in total. The van der Waals surface area contributed by atoms with E-state index >= 15 is 0 Å². The van der Waals surface area contributed by atoms with Crippen LogP contribution in [-0.4, -0.2) is 41.8 Å². The topological polar surface area (TPSA) is 58.7 Å². The minimum atomic E-state index is -0.0944. The van der Waals surface area contributed by atoms with Crippen molar-refractivity contribution in [3.05, 3.63) is 35.4 Å². The van der Waals surface area contributed by atoms with E-state index in [4.69, 9.17) is 10.5 Å². The van der Waals surface area contributed by atoms with Crippen molar-refractivity contribution in [2.45, 2.75) is 36.4 Å². The Morgan fingerprint density at radius 2 is 2.24 bits per heavy atom. The normalized spacial score (nSPS) is 42.6. The van der Waals surface area contributed by atoms with E-state index in [2.05, 4.69) is 30.2 Å². The third-order valence-electron chi connectivity index (χ3n) is 6.21. The molecule has 2 bridgehead atoms. The summed E-state index contributed by atoms with van der Waals surface area (Å²) in [5.74, 6) is 1.40. The maximum Gasteiger partial charge on any atom is 0.165 e. The summed E-state index contributed by atoms with van der Waals surface area (Å²) in [7, 11) is 2.22. The van der Waals surface area contributed by atoms with Crippen molar-refractivity contribution < 1.29 is 9.84 Å². The monoisotopic (exact) mass is 284 g/mol. The largest absolute Gasteiger partial charge is 0.504 e. The molecule has 4 heteroatoms. The quantitative estimate of drug-likeness (QED) is 0.702. The third-order valence-corrected chi connectivity index (χ3v) is 6.21. The summed E-state index contributed by atoms with van der Waals surface area (Å²) in [5.41, 5.74) is 8.89. The zero-order valence-electron chi connectivity index (χ0n) is 12.1. The molecular formula is C17H20N2O2. The van der Waals surface area contributed by atoms with Gasteiger partial charge in [-0.05, 0) is 38.1 Å². The van der Waals surface area contributed by atoms with Gasteiger partial charge in [0.1, 0.15) is 6.10 Å². The molecule has 0 radical (unpaired) electrons. The number of nitrogens with zero attached hydrogens (tertiary/aromatic N) is 1. The first kappa shape index (κ1) is 12.1. The summed E-state index contributed by atoms with van der Waals surface area (Å²) < 4.78 is 6.21. The van der Waals surface area contributed by atoms with Crippen LogP contribution in [0.3, 0.4) is 0 Å². The first-order valence-electron chi connectivity index (χ1n) is 7.79. The Kier molecular flexibility index (Phi) is 2.08. The lowest BCUT2D eigenvalue weighted by molar-refractivity contribution is -0.00428. The minimum Gasteiger partial charge on any atom is -0.504 e. The Morgan fingerprint density at radius 3 is 3.10 bits per heavy atom. The second-order valence-electron chi connectivity index (χ2n) is 7.02. The van der Waals surface area contributed by atoms with Crippen LogP contribution in [0.15, 0.2) is 24.3 Å². The van der Waals surface area contributed by atoms with Gasteiger partial charge in [-0.3, -0.25) is 0 Å². The molecule has 0 aromatic heterocycles. The summed E-state index contributed by atoms with van der Waals surface area (Å²) in [6.45, 7) is 1.07. The van der Waals surface area contributed by atoms with Crippen LogP contribution in [0.5, 0.6) is 11.5 Å². The summed E-state index contributed by atoms with van der Waals surface area (Å²) in [5, 5.41) is 10.2. The number of piperidine rings is 1. The molecule has 1 aromatic carbocycles. The van der Waals surface area contributed by atoms with Crippen LogP contribution in [0, 0.1) is 5.92 Å². The number of ether oxygens (including phenoxy) is 1. The molecule has 4 nitrogen and oxygen atoms in total. The van der Waals surface area contributed by atoms with Crippen LogP contribution in [0.1, 0.15) is 17.5 Å². The van der Waals surface area contributed by atoms with E-state index in [1.54, 1.807) is 6.07 Å². The van der Waals surface area contributed by atoms with Crippen LogP contribution in [0.2, 0.25) is 0 Å². The number of benzene rings is 1. The van der Waals surface area contributed by atoms with Gasteiger partial charge in [-0.15, -0.1) is 0 Å². The lowest BCUT2D eigenvalue weighted by Crippen LogP contribution is -2.65. The summed E-state index contributed by atoms with van der Waals surface area (Å²) in [6.07, 6.45) is 6.46. The first-order chi connectivity index (χ1) is 10.1. The maximum absolute atomic E-state index is 10.2. The van der Waals surface area contributed by atoms with Crippen LogP contribution >= 0.6 is 0 Å². The van der Waals surface area contributed by atoms with Crippen molar-refractivity contribution in [3.63, 3.8) is 0 Å². The predicted molar refractivity (Wildman–Crippen MR) is 79.5 cm³/mol. The van der Waals surface area contributed by atoms with Gasteiger partial charge in [-0.2, -0.15) is 0 Å². The molecule has 2 aliphatic carbocycles. The highest BCUT2D eigenvalue weighted by Gasteiger charge is 2.63.